The fraction of sp³-hybridized carbons (Fsp3) is 0.0526. The lowest BCUT2D eigenvalue weighted by molar-refractivity contribution is 1.23. The van der Waals surface area contributed by atoms with Gasteiger partial charge in [0.15, 0.2) is 0 Å². The smallest absolute Gasteiger partial charge is 0.143 e. The predicted octanol–water partition coefficient (Wildman–Crippen LogP) is 6.44. The van der Waals surface area contributed by atoms with Crippen LogP contribution in [-0.2, 0) is 0 Å². The second-order valence-corrected chi connectivity index (χ2v) is 7.88. The molecule has 0 bridgehead atoms. The van der Waals surface area contributed by atoms with Crippen LogP contribution in [0, 0.1) is 10.5 Å². The number of rotatable bonds is 3. The average molecular weight is 480 g/mol. The van der Waals surface area contributed by atoms with E-state index in [1.54, 1.807) is 17.7 Å². The summed E-state index contributed by atoms with van der Waals surface area (Å²) in [6.07, 6.45) is 1.63. The Kier molecular flexibility index (Phi) is 5.56. The summed E-state index contributed by atoms with van der Waals surface area (Å²) in [7, 11) is 0. The van der Waals surface area contributed by atoms with E-state index in [0.29, 0.717) is 0 Å². The van der Waals surface area contributed by atoms with Gasteiger partial charge in [0.25, 0.3) is 0 Å². The van der Waals surface area contributed by atoms with Crippen molar-refractivity contribution in [1.29, 1.82) is 0 Å². The Morgan fingerprint density at radius 3 is 2.40 bits per heavy atom. The van der Waals surface area contributed by atoms with Gasteiger partial charge < -0.3 is 5.32 Å². The number of benzene rings is 2. The highest BCUT2D eigenvalue weighted by Crippen LogP contribution is 2.40. The van der Waals surface area contributed by atoms with E-state index in [0.717, 1.165) is 21.7 Å². The second-order valence-electron chi connectivity index (χ2n) is 5.43. The van der Waals surface area contributed by atoms with E-state index in [2.05, 4.69) is 93.3 Å². The molecule has 2 aromatic heterocycles. The molecule has 0 unspecified atom stereocenters. The highest BCUT2D eigenvalue weighted by atomic mass is 127. The van der Waals surface area contributed by atoms with E-state index in [1.165, 1.54) is 19.6 Å². The number of nitrogens with one attached hydrogen (secondary N) is 1. The number of hydrogen-bond donors (Lipinski definition) is 1. The van der Waals surface area contributed by atoms with Crippen LogP contribution in [-0.4, -0.2) is 9.97 Å². The van der Waals surface area contributed by atoms with E-state index in [4.69, 9.17) is 0 Å². The first-order valence-corrected chi connectivity index (χ1v) is 9.44. The Morgan fingerprint density at radius 2 is 1.68 bits per heavy atom. The van der Waals surface area contributed by atoms with Gasteiger partial charge in [0.05, 0.1) is 5.39 Å². The number of aromatic nitrogens is 2. The monoisotopic (exact) mass is 479 g/mol. The van der Waals surface area contributed by atoms with E-state index in [1.807, 2.05) is 6.07 Å². The van der Waals surface area contributed by atoms with Gasteiger partial charge in [-0.2, -0.15) is 0 Å². The summed E-state index contributed by atoms with van der Waals surface area (Å²) in [5.41, 5.74) is 3.43. The molecule has 25 heavy (non-hydrogen) atoms. The molecule has 1 N–H and O–H groups in total. The Morgan fingerprint density at radius 1 is 0.960 bits per heavy atom. The fourth-order valence-corrected chi connectivity index (χ4v) is 4.13. The molecule has 126 valence electrons. The minimum atomic E-state index is 0. The zero-order valence-corrected chi connectivity index (χ0v) is 17.2. The maximum atomic E-state index is 4.51. The number of hydrogen-bond acceptors (Lipinski definition) is 4. The van der Waals surface area contributed by atoms with Crippen molar-refractivity contribution >= 4 is 68.1 Å². The molecule has 0 atom stereocenters. The molecule has 0 radical (unpaired) electrons. The molecule has 3 nitrogen and oxygen atoms in total. The third kappa shape index (κ3) is 3.63. The first kappa shape index (κ1) is 18.1. The molecule has 0 saturated carbocycles. The fourth-order valence-electron chi connectivity index (χ4n) is 2.76. The molecule has 0 amide bonds. The summed E-state index contributed by atoms with van der Waals surface area (Å²) in [5.74, 6) is 0.851. The van der Waals surface area contributed by atoms with Crippen LogP contribution in [0.25, 0.3) is 21.3 Å². The van der Waals surface area contributed by atoms with E-state index >= 15 is 0 Å². The molecule has 0 fully saturated rings. The molecule has 0 spiro atoms. The highest BCUT2D eigenvalue weighted by Gasteiger charge is 2.16. The third-order valence-corrected chi connectivity index (χ3v) is 5.57. The number of aryl methyl sites for hydroxylation is 1. The maximum Gasteiger partial charge on any atom is 0.143 e. The van der Waals surface area contributed by atoms with Crippen LogP contribution in [0.5, 0.6) is 0 Å². The molecular weight excluding hydrogens is 465 g/mol. The summed E-state index contributed by atoms with van der Waals surface area (Å²) in [6, 6.07) is 18.7. The average Bonchev–Trinajstić information content (AvgIpc) is 2.94. The summed E-state index contributed by atoms with van der Waals surface area (Å²) in [5, 5.41) is 4.54. The van der Waals surface area contributed by atoms with Gasteiger partial charge in [-0.05, 0) is 59.3 Å². The second kappa shape index (κ2) is 7.68. The normalized spacial score (nSPS) is 10.5. The number of halogens is 2. The van der Waals surface area contributed by atoms with Gasteiger partial charge in [-0.25, -0.2) is 9.97 Å². The standard InChI is InChI=1S/C19H14IN3S.ClH/c1-12-16(13-5-3-2-4-6-13)17-18(21-11-22-19(17)24-12)23-15-9-7-14(20)8-10-15;/h2-11H,1H3,(H,21,22,23);1H. The molecule has 6 heteroatoms. The predicted molar refractivity (Wildman–Crippen MR) is 117 cm³/mol. The first-order chi connectivity index (χ1) is 11.7. The Labute approximate surface area is 170 Å². The molecule has 2 heterocycles. The molecule has 0 aliphatic rings. The van der Waals surface area contributed by atoms with Crippen molar-refractivity contribution in [3.8, 4) is 11.1 Å². The number of thiophene rings is 1. The lowest BCUT2D eigenvalue weighted by atomic mass is 10.0. The largest absolute Gasteiger partial charge is 0.340 e. The molecular formula is C19H15ClIN3S. The van der Waals surface area contributed by atoms with Gasteiger partial charge in [0, 0.05) is 19.7 Å². The molecule has 2 aromatic carbocycles. The van der Waals surface area contributed by atoms with Crippen molar-refractivity contribution in [2.24, 2.45) is 0 Å². The quantitative estimate of drug-likeness (QED) is 0.344. The number of anilines is 2. The van der Waals surface area contributed by atoms with E-state index in [9.17, 15) is 0 Å². The van der Waals surface area contributed by atoms with Gasteiger partial charge >= 0.3 is 0 Å². The van der Waals surface area contributed by atoms with Crippen LogP contribution in [0.15, 0.2) is 60.9 Å². The lowest BCUT2D eigenvalue weighted by Gasteiger charge is -2.09. The van der Waals surface area contributed by atoms with Crippen LogP contribution in [0.3, 0.4) is 0 Å². The van der Waals surface area contributed by atoms with Crippen LogP contribution in [0.2, 0.25) is 0 Å². The van der Waals surface area contributed by atoms with Crippen LogP contribution in [0.4, 0.5) is 11.5 Å². The molecule has 0 aliphatic carbocycles. The third-order valence-electron chi connectivity index (χ3n) is 3.83. The Hall–Kier alpha value is -1.70. The summed E-state index contributed by atoms with van der Waals surface area (Å²) < 4.78 is 1.21. The molecule has 0 saturated heterocycles. The lowest BCUT2D eigenvalue weighted by Crippen LogP contribution is -1.95. The first-order valence-electron chi connectivity index (χ1n) is 7.54. The van der Waals surface area contributed by atoms with Crippen molar-refractivity contribution in [2.45, 2.75) is 6.92 Å². The maximum absolute atomic E-state index is 4.51. The van der Waals surface area contributed by atoms with Crippen molar-refractivity contribution in [1.82, 2.24) is 9.97 Å². The van der Waals surface area contributed by atoms with Crippen molar-refractivity contribution < 1.29 is 0 Å². The van der Waals surface area contributed by atoms with Gasteiger partial charge in [0.2, 0.25) is 0 Å². The number of nitrogens with zero attached hydrogens (tertiary/aromatic N) is 2. The van der Waals surface area contributed by atoms with Crippen LogP contribution < -0.4 is 5.32 Å². The SMILES string of the molecule is Cc1sc2ncnc(Nc3ccc(I)cc3)c2c1-c1ccccc1.Cl. The van der Waals surface area contributed by atoms with Gasteiger partial charge in [-0.3, -0.25) is 0 Å². The minimum Gasteiger partial charge on any atom is -0.340 e. The topological polar surface area (TPSA) is 37.8 Å². The van der Waals surface area contributed by atoms with E-state index < -0.39 is 0 Å². The number of fused-ring (bicyclic) bond motifs is 1. The van der Waals surface area contributed by atoms with Crippen LogP contribution >= 0.6 is 46.3 Å². The van der Waals surface area contributed by atoms with Gasteiger partial charge in [0.1, 0.15) is 17.0 Å². The zero-order valence-electron chi connectivity index (χ0n) is 13.4. The summed E-state index contributed by atoms with van der Waals surface area (Å²) in [6.45, 7) is 2.14. The summed E-state index contributed by atoms with van der Waals surface area (Å²) >= 11 is 4.01. The summed E-state index contributed by atoms with van der Waals surface area (Å²) in [4.78, 5) is 11.2. The van der Waals surface area contributed by atoms with Gasteiger partial charge in [-0.1, -0.05) is 30.3 Å². The molecule has 4 rings (SSSR count). The Balaban J connectivity index is 0.00000182. The minimum absolute atomic E-state index is 0. The van der Waals surface area contributed by atoms with Crippen molar-refractivity contribution in [3.63, 3.8) is 0 Å². The van der Waals surface area contributed by atoms with E-state index in [-0.39, 0.29) is 12.4 Å². The highest BCUT2D eigenvalue weighted by molar-refractivity contribution is 14.1. The zero-order chi connectivity index (χ0) is 16.5. The Bertz CT molecular complexity index is 1000. The van der Waals surface area contributed by atoms with Crippen molar-refractivity contribution in [3.05, 3.63) is 69.4 Å². The molecule has 0 aliphatic heterocycles. The van der Waals surface area contributed by atoms with Crippen molar-refractivity contribution in [2.75, 3.05) is 5.32 Å². The van der Waals surface area contributed by atoms with Gasteiger partial charge in [-0.15, -0.1) is 23.7 Å². The molecule has 4 aromatic rings. The van der Waals surface area contributed by atoms with Crippen LogP contribution in [0.1, 0.15) is 4.88 Å².